The Bertz CT molecular complexity index is 357. The highest BCUT2D eigenvalue weighted by molar-refractivity contribution is 6.29. The van der Waals surface area contributed by atoms with Crippen molar-refractivity contribution in [2.24, 2.45) is 5.41 Å². The first-order valence-corrected chi connectivity index (χ1v) is 5.45. The van der Waals surface area contributed by atoms with E-state index in [1.54, 1.807) is 13.0 Å². The first-order chi connectivity index (χ1) is 7.63. The minimum Gasteiger partial charge on any atom is -0.396 e. The number of rotatable bonds is 4. The van der Waals surface area contributed by atoms with Crippen molar-refractivity contribution in [3.63, 3.8) is 0 Å². The molecule has 2 N–H and O–H groups in total. The molecule has 0 bridgehead atoms. The van der Waals surface area contributed by atoms with Crippen LogP contribution in [0.2, 0.25) is 5.15 Å². The maximum absolute atomic E-state index is 9.24. The third-order valence-corrected chi connectivity index (χ3v) is 2.80. The van der Waals surface area contributed by atoms with E-state index in [0.29, 0.717) is 36.6 Å². The zero-order valence-corrected chi connectivity index (χ0v) is 9.79. The molecule has 0 saturated carbocycles. The smallest absolute Gasteiger partial charge is 0.134 e. The predicted octanol–water partition coefficient (Wildman–Crippen LogP) is 0.859. The lowest BCUT2D eigenvalue weighted by Crippen LogP contribution is -2.50. The molecule has 0 amide bonds. The normalized spacial score (nSPS) is 17.9. The van der Waals surface area contributed by atoms with Crippen LogP contribution in [-0.2, 0) is 4.74 Å². The molecule has 1 aliphatic heterocycles. The van der Waals surface area contributed by atoms with E-state index in [0.717, 1.165) is 0 Å². The summed E-state index contributed by atoms with van der Waals surface area (Å²) in [5.41, 5.74) is -0.175. The van der Waals surface area contributed by atoms with Crippen molar-refractivity contribution >= 4 is 17.4 Å². The lowest BCUT2D eigenvalue weighted by molar-refractivity contribution is -0.128. The Kier molecular flexibility index (Phi) is 3.28. The number of anilines is 1. The van der Waals surface area contributed by atoms with Crippen LogP contribution in [0, 0.1) is 12.3 Å². The van der Waals surface area contributed by atoms with Crippen LogP contribution in [-0.4, -0.2) is 41.4 Å². The fourth-order valence-corrected chi connectivity index (χ4v) is 1.77. The standard InChI is InChI=1S/C10H14ClN3O2/c1-7-13-8(11)2-9(14-7)12-3-10(4-15)5-16-6-10/h2,15H,3-6H2,1H3,(H,12,13,14). The molecule has 0 radical (unpaired) electrons. The fraction of sp³-hybridized carbons (Fsp3) is 0.600. The Labute approximate surface area is 98.8 Å². The summed E-state index contributed by atoms with van der Waals surface area (Å²) in [7, 11) is 0. The third-order valence-electron chi connectivity index (χ3n) is 2.60. The van der Waals surface area contributed by atoms with Crippen molar-refractivity contribution in [3.8, 4) is 0 Å². The molecule has 1 fully saturated rings. The van der Waals surface area contributed by atoms with Gasteiger partial charge in [-0.2, -0.15) is 0 Å². The second kappa shape index (κ2) is 4.53. The van der Waals surface area contributed by atoms with E-state index >= 15 is 0 Å². The highest BCUT2D eigenvalue weighted by Gasteiger charge is 2.37. The van der Waals surface area contributed by atoms with E-state index in [-0.39, 0.29) is 12.0 Å². The summed E-state index contributed by atoms with van der Waals surface area (Å²) in [6, 6.07) is 1.67. The maximum atomic E-state index is 9.24. The van der Waals surface area contributed by atoms with Gasteiger partial charge >= 0.3 is 0 Å². The van der Waals surface area contributed by atoms with Crippen LogP contribution >= 0.6 is 11.6 Å². The van der Waals surface area contributed by atoms with Crippen molar-refractivity contribution in [1.29, 1.82) is 0 Å². The van der Waals surface area contributed by atoms with Crippen LogP contribution < -0.4 is 5.32 Å². The first kappa shape index (κ1) is 11.6. The van der Waals surface area contributed by atoms with E-state index in [1.807, 2.05) is 0 Å². The van der Waals surface area contributed by atoms with E-state index in [2.05, 4.69) is 15.3 Å². The Hall–Kier alpha value is -0.910. The number of hydrogen-bond acceptors (Lipinski definition) is 5. The molecular formula is C10H14ClN3O2. The fourth-order valence-electron chi connectivity index (χ4n) is 1.54. The van der Waals surface area contributed by atoms with Crippen LogP contribution in [0.5, 0.6) is 0 Å². The highest BCUT2D eigenvalue weighted by atomic mass is 35.5. The van der Waals surface area contributed by atoms with E-state index < -0.39 is 0 Å². The Balaban J connectivity index is 1.98. The quantitative estimate of drug-likeness (QED) is 0.768. The van der Waals surface area contributed by atoms with Gasteiger partial charge in [0.1, 0.15) is 16.8 Å². The highest BCUT2D eigenvalue weighted by Crippen LogP contribution is 2.27. The zero-order chi connectivity index (χ0) is 11.6. The van der Waals surface area contributed by atoms with Gasteiger partial charge in [0.25, 0.3) is 0 Å². The molecule has 2 rings (SSSR count). The molecule has 0 spiro atoms. The van der Waals surface area contributed by atoms with Crippen molar-refractivity contribution in [2.45, 2.75) is 6.92 Å². The van der Waals surface area contributed by atoms with Gasteiger partial charge in [-0.3, -0.25) is 0 Å². The van der Waals surface area contributed by atoms with Crippen LogP contribution in [0.3, 0.4) is 0 Å². The molecule has 1 saturated heterocycles. The van der Waals surface area contributed by atoms with Crippen molar-refractivity contribution < 1.29 is 9.84 Å². The average molecular weight is 244 g/mol. The molecule has 5 nitrogen and oxygen atoms in total. The second-order valence-corrected chi connectivity index (χ2v) is 4.51. The summed E-state index contributed by atoms with van der Waals surface area (Å²) in [6.45, 7) is 3.67. The Morgan fingerprint density at radius 2 is 2.31 bits per heavy atom. The Morgan fingerprint density at radius 1 is 1.56 bits per heavy atom. The van der Waals surface area contributed by atoms with E-state index in [4.69, 9.17) is 16.3 Å². The van der Waals surface area contributed by atoms with Crippen molar-refractivity contribution in [2.75, 3.05) is 31.7 Å². The predicted molar refractivity (Wildman–Crippen MR) is 60.6 cm³/mol. The SMILES string of the molecule is Cc1nc(Cl)cc(NCC2(CO)COC2)n1. The average Bonchev–Trinajstić information content (AvgIpc) is 2.15. The van der Waals surface area contributed by atoms with Gasteiger partial charge in [-0.25, -0.2) is 9.97 Å². The number of halogens is 1. The van der Waals surface area contributed by atoms with Crippen LogP contribution in [0.25, 0.3) is 0 Å². The monoisotopic (exact) mass is 243 g/mol. The molecule has 88 valence electrons. The number of aryl methyl sites for hydroxylation is 1. The second-order valence-electron chi connectivity index (χ2n) is 4.13. The molecule has 6 heteroatoms. The number of aliphatic hydroxyl groups is 1. The molecule has 1 aliphatic rings. The van der Waals surface area contributed by atoms with Gasteiger partial charge in [-0.15, -0.1) is 0 Å². The zero-order valence-electron chi connectivity index (χ0n) is 9.03. The molecule has 1 aromatic heterocycles. The van der Waals surface area contributed by atoms with Gasteiger partial charge in [-0.1, -0.05) is 11.6 Å². The van der Waals surface area contributed by atoms with Crippen LogP contribution in [0.15, 0.2) is 6.07 Å². The minimum absolute atomic E-state index is 0.109. The number of hydrogen-bond donors (Lipinski definition) is 2. The summed E-state index contributed by atoms with van der Waals surface area (Å²) < 4.78 is 5.11. The lowest BCUT2D eigenvalue weighted by Gasteiger charge is -2.39. The number of aromatic nitrogens is 2. The van der Waals surface area contributed by atoms with Gasteiger partial charge in [0.2, 0.25) is 0 Å². The summed E-state index contributed by atoms with van der Waals surface area (Å²) >= 11 is 5.82. The molecule has 0 unspecified atom stereocenters. The maximum Gasteiger partial charge on any atom is 0.134 e. The topological polar surface area (TPSA) is 67.3 Å². The summed E-state index contributed by atoms with van der Waals surface area (Å²) in [6.07, 6.45) is 0. The van der Waals surface area contributed by atoms with Gasteiger partial charge < -0.3 is 15.2 Å². The minimum atomic E-state index is -0.175. The van der Waals surface area contributed by atoms with Crippen LogP contribution in [0.1, 0.15) is 5.82 Å². The molecular weight excluding hydrogens is 230 g/mol. The summed E-state index contributed by atoms with van der Waals surface area (Å²) in [5, 5.41) is 12.8. The van der Waals surface area contributed by atoms with E-state index in [9.17, 15) is 5.11 Å². The molecule has 0 aromatic carbocycles. The molecule has 2 heterocycles. The largest absolute Gasteiger partial charge is 0.396 e. The Morgan fingerprint density at radius 3 is 2.81 bits per heavy atom. The van der Waals surface area contributed by atoms with Crippen molar-refractivity contribution in [1.82, 2.24) is 9.97 Å². The van der Waals surface area contributed by atoms with Crippen molar-refractivity contribution in [3.05, 3.63) is 17.0 Å². The third kappa shape index (κ3) is 2.42. The summed E-state index contributed by atoms with van der Waals surface area (Å²) in [4.78, 5) is 8.17. The molecule has 1 aromatic rings. The van der Waals surface area contributed by atoms with Gasteiger partial charge in [0.05, 0.1) is 25.2 Å². The first-order valence-electron chi connectivity index (χ1n) is 5.07. The lowest BCUT2D eigenvalue weighted by atomic mass is 9.87. The number of ether oxygens (including phenoxy) is 1. The summed E-state index contributed by atoms with van der Waals surface area (Å²) in [5.74, 6) is 1.30. The van der Waals surface area contributed by atoms with Gasteiger partial charge in [0.15, 0.2) is 0 Å². The molecule has 16 heavy (non-hydrogen) atoms. The molecule has 0 aliphatic carbocycles. The van der Waals surface area contributed by atoms with Gasteiger partial charge in [-0.05, 0) is 6.92 Å². The molecule has 0 atom stereocenters. The number of nitrogens with one attached hydrogen (secondary N) is 1. The van der Waals surface area contributed by atoms with E-state index in [1.165, 1.54) is 0 Å². The number of aliphatic hydroxyl groups excluding tert-OH is 1. The number of nitrogens with zero attached hydrogens (tertiary/aromatic N) is 2. The van der Waals surface area contributed by atoms with Gasteiger partial charge in [0, 0.05) is 12.6 Å². The van der Waals surface area contributed by atoms with Crippen LogP contribution in [0.4, 0.5) is 5.82 Å².